The van der Waals surface area contributed by atoms with E-state index in [0.717, 1.165) is 32.8 Å². The lowest BCUT2D eigenvalue weighted by Crippen LogP contribution is -2.43. The molecular formula is C13H28N2O2. The van der Waals surface area contributed by atoms with Crippen molar-refractivity contribution in [1.29, 1.82) is 0 Å². The molecule has 0 saturated carbocycles. The van der Waals surface area contributed by atoms with Gasteiger partial charge in [0.05, 0.1) is 11.7 Å². The number of aliphatic hydroxyl groups excluding tert-OH is 1. The normalized spacial score (nSPS) is 19.8. The lowest BCUT2D eigenvalue weighted by atomic mass is 10.1. The second-order valence-electron chi connectivity index (χ2n) is 5.49. The van der Waals surface area contributed by atoms with Crippen molar-refractivity contribution in [3.05, 3.63) is 0 Å². The molecule has 0 bridgehead atoms. The lowest BCUT2D eigenvalue weighted by molar-refractivity contribution is -0.0108. The van der Waals surface area contributed by atoms with Crippen molar-refractivity contribution in [2.75, 3.05) is 39.3 Å². The average Bonchev–Trinajstić information content (AvgIpc) is 2.69. The number of hydrogen-bond donors (Lipinski definition) is 2. The van der Waals surface area contributed by atoms with Crippen LogP contribution in [-0.4, -0.2) is 61.0 Å². The Balaban J connectivity index is 2.08. The first-order valence-electron chi connectivity index (χ1n) is 6.78. The number of likely N-dealkylation sites (tertiary alicyclic amines) is 1. The van der Waals surface area contributed by atoms with Crippen LogP contribution >= 0.6 is 0 Å². The third kappa shape index (κ3) is 6.36. The Morgan fingerprint density at radius 3 is 2.59 bits per heavy atom. The summed E-state index contributed by atoms with van der Waals surface area (Å²) in [6.07, 6.45) is 2.28. The van der Waals surface area contributed by atoms with Crippen LogP contribution in [0, 0.1) is 0 Å². The van der Waals surface area contributed by atoms with Gasteiger partial charge >= 0.3 is 0 Å². The summed E-state index contributed by atoms with van der Waals surface area (Å²) < 4.78 is 5.59. The van der Waals surface area contributed by atoms with Crippen LogP contribution < -0.4 is 5.32 Å². The van der Waals surface area contributed by atoms with Crippen LogP contribution in [0.4, 0.5) is 0 Å². The first kappa shape index (κ1) is 14.9. The van der Waals surface area contributed by atoms with E-state index in [-0.39, 0.29) is 11.7 Å². The van der Waals surface area contributed by atoms with Gasteiger partial charge < -0.3 is 20.1 Å². The van der Waals surface area contributed by atoms with Crippen molar-refractivity contribution in [3.63, 3.8) is 0 Å². The number of nitrogens with zero attached hydrogens (tertiary/aromatic N) is 1. The molecule has 1 fully saturated rings. The van der Waals surface area contributed by atoms with Gasteiger partial charge in [-0.15, -0.1) is 0 Å². The first-order chi connectivity index (χ1) is 8.03. The molecule has 0 amide bonds. The summed E-state index contributed by atoms with van der Waals surface area (Å²) in [6.45, 7) is 11.4. The maximum atomic E-state index is 9.89. The van der Waals surface area contributed by atoms with Gasteiger partial charge in [0.25, 0.3) is 0 Å². The highest BCUT2D eigenvalue weighted by atomic mass is 16.5. The minimum absolute atomic E-state index is 0.151. The summed E-state index contributed by atoms with van der Waals surface area (Å²) in [5.74, 6) is 0. The average molecular weight is 244 g/mol. The van der Waals surface area contributed by atoms with E-state index in [1.54, 1.807) is 0 Å². The van der Waals surface area contributed by atoms with Crippen LogP contribution in [-0.2, 0) is 4.74 Å². The number of rotatable bonds is 8. The second kappa shape index (κ2) is 7.31. The summed E-state index contributed by atoms with van der Waals surface area (Å²) in [6, 6.07) is 0. The van der Waals surface area contributed by atoms with Crippen LogP contribution in [0.5, 0.6) is 0 Å². The third-order valence-electron chi connectivity index (χ3n) is 3.13. The molecule has 1 heterocycles. The van der Waals surface area contributed by atoms with E-state index in [2.05, 4.69) is 24.1 Å². The Morgan fingerprint density at radius 2 is 2.00 bits per heavy atom. The van der Waals surface area contributed by atoms with E-state index in [1.807, 2.05) is 6.92 Å². The minimum atomic E-state index is -0.273. The predicted molar refractivity (Wildman–Crippen MR) is 70.3 cm³/mol. The monoisotopic (exact) mass is 244 g/mol. The van der Waals surface area contributed by atoms with Gasteiger partial charge in [0.15, 0.2) is 0 Å². The topological polar surface area (TPSA) is 44.7 Å². The fourth-order valence-corrected chi connectivity index (χ4v) is 2.31. The van der Waals surface area contributed by atoms with Crippen molar-refractivity contribution in [2.45, 2.75) is 45.3 Å². The Bertz CT molecular complexity index is 204. The molecular weight excluding hydrogens is 216 g/mol. The number of β-amino-alcohol motifs (C(OH)–C–C–N with tert-alkyl or cyclic N) is 1. The molecule has 4 nitrogen and oxygen atoms in total. The number of ether oxygens (including phenoxy) is 1. The van der Waals surface area contributed by atoms with Gasteiger partial charge in [-0.3, -0.25) is 0 Å². The maximum absolute atomic E-state index is 9.89. The molecule has 0 aliphatic carbocycles. The van der Waals surface area contributed by atoms with Gasteiger partial charge in [-0.25, -0.2) is 0 Å². The molecule has 1 unspecified atom stereocenters. The third-order valence-corrected chi connectivity index (χ3v) is 3.13. The summed E-state index contributed by atoms with van der Waals surface area (Å²) in [4.78, 5) is 2.33. The van der Waals surface area contributed by atoms with Gasteiger partial charge in [0.2, 0.25) is 0 Å². The van der Waals surface area contributed by atoms with Gasteiger partial charge in [-0.2, -0.15) is 0 Å². The van der Waals surface area contributed by atoms with E-state index in [0.29, 0.717) is 6.54 Å². The Labute approximate surface area is 105 Å². The Kier molecular flexibility index (Phi) is 6.41. The summed E-state index contributed by atoms with van der Waals surface area (Å²) in [7, 11) is 0. The number of aliphatic hydroxyl groups is 1. The van der Waals surface area contributed by atoms with Gasteiger partial charge in [-0.1, -0.05) is 0 Å². The van der Waals surface area contributed by atoms with Crippen molar-refractivity contribution in [3.8, 4) is 0 Å². The predicted octanol–water partition coefficient (Wildman–Crippen LogP) is 0.848. The number of nitrogens with one attached hydrogen (secondary N) is 1. The SMILES string of the molecule is CCOC(C)(C)CNCC(O)CN1CCCC1. The van der Waals surface area contributed by atoms with Gasteiger partial charge in [-0.05, 0) is 46.7 Å². The summed E-state index contributed by atoms with van der Waals surface area (Å²) >= 11 is 0. The van der Waals surface area contributed by atoms with E-state index in [9.17, 15) is 5.11 Å². The van der Waals surface area contributed by atoms with E-state index >= 15 is 0 Å². The van der Waals surface area contributed by atoms with E-state index < -0.39 is 0 Å². The standard InChI is InChI=1S/C13H28N2O2/c1-4-17-13(2,3)11-14-9-12(16)10-15-7-5-6-8-15/h12,14,16H,4-11H2,1-3H3. The van der Waals surface area contributed by atoms with Gasteiger partial charge in [0.1, 0.15) is 0 Å². The quantitative estimate of drug-likeness (QED) is 0.664. The molecule has 1 rings (SSSR count). The second-order valence-corrected chi connectivity index (χ2v) is 5.49. The molecule has 0 aromatic carbocycles. The molecule has 1 aliphatic heterocycles. The van der Waals surface area contributed by atoms with E-state index in [4.69, 9.17) is 4.74 Å². The highest BCUT2D eigenvalue weighted by Crippen LogP contribution is 2.08. The highest BCUT2D eigenvalue weighted by molar-refractivity contribution is 4.75. The zero-order valence-electron chi connectivity index (χ0n) is 11.5. The molecule has 1 saturated heterocycles. The molecule has 102 valence electrons. The Hall–Kier alpha value is -0.160. The van der Waals surface area contributed by atoms with Gasteiger partial charge in [0, 0.05) is 26.2 Å². The van der Waals surface area contributed by atoms with Crippen LogP contribution in [0.25, 0.3) is 0 Å². The van der Waals surface area contributed by atoms with Crippen LogP contribution in [0.2, 0.25) is 0 Å². The maximum Gasteiger partial charge on any atom is 0.0791 e. The molecule has 2 N–H and O–H groups in total. The van der Waals surface area contributed by atoms with Crippen molar-refractivity contribution >= 4 is 0 Å². The Morgan fingerprint density at radius 1 is 1.35 bits per heavy atom. The molecule has 0 aromatic heterocycles. The molecule has 1 aliphatic rings. The molecule has 17 heavy (non-hydrogen) atoms. The van der Waals surface area contributed by atoms with Crippen LogP contribution in [0.15, 0.2) is 0 Å². The van der Waals surface area contributed by atoms with E-state index in [1.165, 1.54) is 12.8 Å². The van der Waals surface area contributed by atoms with Crippen molar-refractivity contribution in [2.24, 2.45) is 0 Å². The van der Waals surface area contributed by atoms with Crippen molar-refractivity contribution < 1.29 is 9.84 Å². The summed E-state index contributed by atoms with van der Waals surface area (Å²) in [5.41, 5.74) is -0.151. The molecule has 0 aromatic rings. The highest BCUT2D eigenvalue weighted by Gasteiger charge is 2.19. The largest absolute Gasteiger partial charge is 0.390 e. The van der Waals surface area contributed by atoms with Crippen molar-refractivity contribution in [1.82, 2.24) is 10.2 Å². The minimum Gasteiger partial charge on any atom is -0.390 e. The molecule has 1 atom stereocenters. The van der Waals surface area contributed by atoms with Crippen LogP contribution in [0.3, 0.4) is 0 Å². The summed E-state index contributed by atoms with van der Waals surface area (Å²) in [5, 5.41) is 13.2. The van der Waals surface area contributed by atoms with Crippen LogP contribution in [0.1, 0.15) is 33.6 Å². The fraction of sp³-hybridized carbons (Fsp3) is 1.00. The molecule has 0 spiro atoms. The molecule has 4 heteroatoms. The molecule has 0 radical (unpaired) electrons. The fourth-order valence-electron chi connectivity index (χ4n) is 2.31. The number of hydrogen-bond acceptors (Lipinski definition) is 4. The smallest absolute Gasteiger partial charge is 0.0791 e. The first-order valence-corrected chi connectivity index (χ1v) is 6.78. The zero-order valence-corrected chi connectivity index (χ0v) is 11.5. The lowest BCUT2D eigenvalue weighted by Gasteiger charge is -2.26. The zero-order chi connectivity index (χ0) is 12.7.